The van der Waals surface area contributed by atoms with E-state index in [2.05, 4.69) is 37.5 Å². The van der Waals surface area contributed by atoms with Crippen molar-refractivity contribution in [3.8, 4) is 0 Å². The fourth-order valence-electron chi connectivity index (χ4n) is 0.667. The summed E-state index contributed by atoms with van der Waals surface area (Å²) in [6.45, 7) is 8.61. The van der Waals surface area contributed by atoms with Crippen LogP contribution in [0.15, 0.2) is 0 Å². The van der Waals surface area contributed by atoms with Crippen molar-refractivity contribution in [1.82, 2.24) is 5.32 Å². The molecule has 0 saturated carbocycles. The lowest BCUT2D eigenvalue weighted by molar-refractivity contribution is 0.235. The number of hydrogen-bond acceptors (Lipinski definition) is 3. The smallest absolute Gasteiger partial charge is 0.312 e. The minimum Gasteiger partial charge on any atom is -0.312 e. The Kier molecular flexibility index (Phi) is 8.93. The molecule has 0 aromatic heterocycles. The van der Waals surface area contributed by atoms with Crippen molar-refractivity contribution in [2.24, 2.45) is 0 Å². The van der Waals surface area contributed by atoms with Crippen LogP contribution in [0.2, 0.25) is 0 Å². The molecular weight excluding hydrogens is 193 g/mol. The summed E-state index contributed by atoms with van der Waals surface area (Å²) in [5.74, 6) is 0. The third-order valence-electron chi connectivity index (χ3n) is 0.905. The van der Waals surface area contributed by atoms with Crippen molar-refractivity contribution in [1.29, 1.82) is 0 Å². The van der Waals surface area contributed by atoms with Crippen LogP contribution in [0.4, 0.5) is 0 Å². The van der Waals surface area contributed by atoms with Crippen LogP contribution in [0.5, 0.6) is 0 Å². The second-order valence-corrected chi connectivity index (χ2v) is 4.50. The molecule has 0 aromatic carbocycles. The monoisotopic (exact) mass is 213 g/mol. The Bertz CT molecular complexity index is 149. The quantitative estimate of drug-likeness (QED) is 0.612. The Labute approximate surface area is 79.7 Å². The number of nitrogens with one attached hydrogen (secondary N) is 1. The molecule has 0 bridgehead atoms. The molecule has 0 amide bonds. The average molecular weight is 213 g/mol. The van der Waals surface area contributed by atoms with Crippen LogP contribution in [-0.2, 0) is 9.09 Å². The highest BCUT2D eigenvalue weighted by Crippen LogP contribution is 2.33. The van der Waals surface area contributed by atoms with Gasteiger partial charge in [-0.1, -0.05) is 27.7 Å². The van der Waals surface area contributed by atoms with Crippen molar-refractivity contribution in [3.05, 3.63) is 0 Å². The van der Waals surface area contributed by atoms with Crippen LogP contribution < -0.4 is 5.32 Å². The summed E-state index contributed by atoms with van der Waals surface area (Å²) < 4.78 is 13.1. The third kappa shape index (κ3) is 24.5. The van der Waals surface area contributed by atoms with Gasteiger partial charge in [0.25, 0.3) is 0 Å². The molecule has 0 rings (SSSR count). The molecule has 0 heterocycles. The molecule has 5 nitrogen and oxygen atoms in total. The lowest BCUT2D eigenvalue weighted by Gasteiger charge is -2.10. The molecular formula is C7H20NO4P. The molecule has 0 fully saturated rings. The van der Waals surface area contributed by atoms with E-state index in [1.807, 2.05) is 0 Å². The predicted molar refractivity (Wildman–Crippen MR) is 52.5 cm³/mol. The van der Waals surface area contributed by atoms with E-state index in [-0.39, 0.29) is 0 Å². The van der Waals surface area contributed by atoms with E-state index in [0.717, 1.165) is 7.11 Å². The van der Waals surface area contributed by atoms with Gasteiger partial charge in [0.15, 0.2) is 0 Å². The van der Waals surface area contributed by atoms with Gasteiger partial charge in [-0.3, -0.25) is 4.52 Å². The first-order chi connectivity index (χ1) is 5.69. The van der Waals surface area contributed by atoms with Gasteiger partial charge in [-0.25, -0.2) is 4.57 Å². The van der Waals surface area contributed by atoms with E-state index >= 15 is 0 Å². The number of phosphoric ester groups is 1. The molecule has 3 N–H and O–H groups in total. The summed E-state index contributed by atoms with van der Waals surface area (Å²) >= 11 is 0. The summed E-state index contributed by atoms with van der Waals surface area (Å²) in [4.78, 5) is 15.4. The van der Waals surface area contributed by atoms with E-state index in [0.29, 0.717) is 12.1 Å². The van der Waals surface area contributed by atoms with Crippen molar-refractivity contribution in [2.75, 3.05) is 7.11 Å². The van der Waals surface area contributed by atoms with Crippen molar-refractivity contribution < 1.29 is 18.9 Å². The average Bonchev–Trinajstić information content (AvgIpc) is 1.84. The zero-order valence-electron chi connectivity index (χ0n) is 8.81. The van der Waals surface area contributed by atoms with Crippen molar-refractivity contribution >= 4 is 7.82 Å². The summed E-state index contributed by atoms with van der Waals surface area (Å²) in [7, 11) is -3.20. The lowest BCUT2D eigenvalue weighted by Crippen LogP contribution is -2.29. The fraction of sp³-hybridized carbons (Fsp3) is 1.00. The van der Waals surface area contributed by atoms with E-state index in [4.69, 9.17) is 9.79 Å². The molecule has 0 aliphatic rings. The standard InChI is InChI=1S/C6H15N.CH5O4P/c1-5(2)7-6(3)4;1-5-6(2,3)4/h5-7H,1-4H3;1H3,(H2,2,3,4). The van der Waals surface area contributed by atoms with Gasteiger partial charge in [0.1, 0.15) is 0 Å². The highest BCUT2D eigenvalue weighted by atomic mass is 31.2. The first kappa shape index (κ1) is 15.5. The molecule has 13 heavy (non-hydrogen) atoms. The summed E-state index contributed by atoms with van der Waals surface area (Å²) in [6, 6.07) is 1.25. The first-order valence-electron chi connectivity index (χ1n) is 4.06. The highest BCUT2D eigenvalue weighted by Gasteiger charge is 2.07. The van der Waals surface area contributed by atoms with Gasteiger partial charge in [-0.15, -0.1) is 0 Å². The fourth-order valence-corrected chi connectivity index (χ4v) is 0.667. The number of hydrogen-bond donors (Lipinski definition) is 3. The van der Waals surface area contributed by atoms with Crippen molar-refractivity contribution in [3.63, 3.8) is 0 Å². The number of rotatable bonds is 3. The maximum Gasteiger partial charge on any atom is 0.469 e. The molecule has 0 aliphatic carbocycles. The molecule has 0 aliphatic heterocycles. The Morgan fingerprint density at radius 3 is 1.38 bits per heavy atom. The second-order valence-electron chi connectivity index (χ2n) is 3.15. The molecule has 0 radical (unpaired) electrons. The van der Waals surface area contributed by atoms with Crippen LogP contribution in [-0.4, -0.2) is 29.0 Å². The van der Waals surface area contributed by atoms with Crippen LogP contribution in [0.1, 0.15) is 27.7 Å². The summed E-state index contributed by atoms with van der Waals surface area (Å²) in [5, 5.41) is 3.31. The first-order valence-corrected chi connectivity index (χ1v) is 5.59. The maximum absolute atomic E-state index is 9.47. The molecule has 0 unspecified atom stereocenters. The highest BCUT2D eigenvalue weighted by molar-refractivity contribution is 7.46. The number of phosphoric acid groups is 1. The minimum absolute atomic E-state index is 0.625. The maximum atomic E-state index is 9.47. The minimum atomic E-state index is -4.15. The van der Waals surface area contributed by atoms with E-state index in [9.17, 15) is 4.57 Å². The van der Waals surface area contributed by atoms with Crippen molar-refractivity contribution in [2.45, 2.75) is 39.8 Å². The van der Waals surface area contributed by atoms with Gasteiger partial charge in [-0.05, 0) is 0 Å². The normalized spacial score (nSPS) is 11.5. The van der Waals surface area contributed by atoms with Gasteiger partial charge in [0.05, 0.1) is 0 Å². The van der Waals surface area contributed by atoms with E-state index < -0.39 is 7.82 Å². The third-order valence-corrected chi connectivity index (χ3v) is 1.38. The molecule has 0 aromatic rings. The van der Waals surface area contributed by atoms with E-state index in [1.54, 1.807) is 0 Å². The molecule has 0 atom stereocenters. The Hall–Kier alpha value is 0.0700. The zero-order valence-corrected chi connectivity index (χ0v) is 9.71. The second kappa shape index (κ2) is 7.47. The summed E-state index contributed by atoms with van der Waals surface area (Å²) in [6.07, 6.45) is 0. The lowest BCUT2D eigenvalue weighted by atomic mass is 10.3. The van der Waals surface area contributed by atoms with Gasteiger partial charge >= 0.3 is 7.82 Å². The van der Waals surface area contributed by atoms with Gasteiger partial charge in [0, 0.05) is 19.2 Å². The van der Waals surface area contributed by atoms with E-state index in [1.165, 1.54) is 0 Å². The molecule has 0 spiro atoms. The zero-order chi connectivity index (χ0) is 11.1. The van der Waals surface area contributed by atoms with Gasteiger partial charge < -0.3 is 15.1 Å². The molecule has 0 saturated heterocycles. The predicted octanol–water partition coefficient (Wildman–Crippen LogP) is 1.12. The summed E-state index contributed by atoms with van der Waals surface area (Å²) in [5.41, 5.74) is 0. The van der Waals surface area contributed by atoms with Gasteiger partial charge in [0.2, 0.25) is 0 Å². The van der Waals surface area contributed by atoms with Crippen LogP contribution in [0.25, 0.3) is 0 Å². The topological polar surface area (TPSA) is 78.8 Å². The Balaban J connectivity index is 0. The molecule has 6 heteroatoms. The van der Waals surface area contributed by atoms with Gasteiger partial charge in [-0.2, -0.15) is 0 Å². The Morgan fingerprint density at radius 2 is 1.38 bits per heavy atom. The Morgan fingerprint density at radius 1 is 1.15 bits per heavy atom. The van der Waals surface area contributed by atoms with Crippen LogP contribution in [0, 0.1) is 0 Å². The van der Waals surface area contributed by atoms with Crippen LogP contribution in [0.3, 0.4) is 0 Å². The van der Waals surface area contributed by atoms with Crippen LogP contribution >= 0.6 is 7.82 Å². The largest absolute Gasteiger partial charge is 0.469 e. The SMILES string of the molecule is CC(C)NC(C)C.COP(=O)(O)O. The molecule has 82 valence electrons.